The number of amides is 1. The Bertz CT molecular complexity index is 435. The van der Waals surface area contributed by atoms with Crippen molar-refractivity contribution in [3.8, 4) is 0 Å². The Morgan fingerprint density at radius 1 is 1.19 bits per heavy atom. The van der Waals surface area contributed by atoms with Gasteiger partial charge in [0.05, 0.1) is 7.11 Å². The van der Waals surface area contributed by atoms with Crippen molar-refractivity contribution in [2.24, 2.45) is 0 Å². The molecule has 0 heterocycles. The Kier molecular flexibility index (Phi) is 7.89. The molecule has 0 bridgehead atoms. The highest BCUT2D eigenvalue weighted by Crippen LogP contribution is 2.03. The molecular formula is C15H21NO5. The van der Waals surface area contributed by atoms with E-state index in [9.17, 15) is 9.59 Å². The normalized spacial score (nSPS) is 11.5. The minimum atomic E-state index is -0.728. The van der Waals surface area contributed by atoms with Gasteiger partial charge in [-0.15, -0.1) is 0 Å². The van der Waals surface area contributed by atoms with Crippen LogP contribution in [-0.2, 0) is 25.6 Å². The highest BCUT2D eigenvalue weighted by Gasteiger charge is 2.21. The molecule has 0 aromatic heterocycles. The average molecular weight is 295 g/mol. The largest absolute Gasteiger partial charge is 0.467 e. The lowest BCUT2D eigenvalue weighted by Gasteiger charge is -2.16. The molecule has 0 spiro atoms. The van der Waals surface area contributed by atoms with Crippen molar-refractivity contribution in [1.82, 2.24) is 5.32 Å². The van der Waals surface area contributed by atoms with E-state index >= 15 is 0 Å². The fourth-order valence-electron chi connectivity index (χ4n) is 1.73. The summed E-state index contributed by atoms with van der Waals surface area (Å²) in [6.45, 7) is 0.660. The topological polar surface area (TPSA) is 73.9 Å². The summed E-state index contributed by atoms with van der Waals surface area (Å²) in [4.78, 5) is 23.3. The second-order valence-electron chi connectivity index (χ2n) is 4.42. The van der Waals surface area contributed by atoms with Crippen molar-refractivity contribution in [2.45, 2.75) is 25.5 Å². The van der Waals surface area contributed by atoms with Gasteiger partial charge in [0.25, 0.3) is 0 Å². The van der Waals surface area contributed by atoms with Gasteiger partial charge >= 0.3 is 12.1 Å². The molecule has 21 heavy (non-hydrogen) atoms. The lowest BCUT2D eigenvalue weighted by Crippen LogP contribution is -2.41. The van der Waals surface area contributed by atoms with Crippen molar-refractivity contribution >= 4 is 12.1 Å². The fourth-order valence-corrected chi connectivity index (χ4v) is 1.73. The van der Waals surface area contributed by atoms with E-state index in [1.807, 2.05) is 30.3 Å². The van der Waals surface area contributed by atoms with Crippen LogP contribution in [0.1, 0.15) is 18.4 Å². The summed E-state index contributed by atoms with van der Waals surface area (Å²) in [6, 6.07) is 8.57. The molecule has 1 unspecified atom stereocenters. The van der Waals surface area contributed by atoms with Crippen LogP contribution < -0.4 is 5.32 Å². The molecule has 0 fully saturated rings. The van der Waals surface area contributed by atoms with Crippen LogP contribution in [0, 0.1) is 0 Å². The summed E-state index contributed by atoms with van der Waals surface area (Å²) < 4.78 is 14.6. The van der Waals surface area contributed by atoms with E-state index in [1.165, 1.54) is 7.11 Å². The second kappa shape index (κ2) is 9.77. The molecule has 1 rings (SSSR count). The highest BCUT2D eigenvalue weighted by atomic mass is 16.6. The number of ether oxygens (including phenoxy) is 3. The average Bonchev–Trinajstić information content (AvgIpc) is 2.52. The molecule has 0 aliphatic rings. The monoisotopic (exact) mass is 295 g/mol. The third-order valence-corrected chi connectivity index (χ3v) is 2.83. The fraction of sp³-hybridized carbons (Fsp3) is 0.467. The molecular weight excluding hydrogens is 274 g/mol. The van der Waals surface area contributed by atoms with Crippen molar-refractivity contribution in [2.75, 3.05) is 20.8 Å². The minimum absolute atomic E-state index is 0.151. The third kappa shape index (κ3) is 6.76. The predicted octanol–water partition coefficient (Wildman–Crippen LogP) is 1.88. The third-order valence-electron chi connectivity index (χ3n) is 2.83. The van der Waals surface area contributed by atoms with Gasteiger partial charge in [0, 0.05) is 13.7 Å². The van der Waals surface area contributed by atoms with Gasteiger partial charge in [-0.25, -0.2) is 9.59 Å². The zero-order chi connectivity index (χ0) is 15.5. The van der Waals surface area contributed by atoms with Crippen LogP contribution in [0.3, 0.4) is 0 Å². The summed E-state index contributed by atoms with van der Waals surface area (Å²) in [6.07, 6.45) is 0.419. The maximum atomic E-state index is 11.7. The van der Waals surface area contributed by atoms with Gasteiger partial charge in [-0.2, -0.15) is 0 Å². The minimum Gasteiger partial charge on any atom is -0.467 e. The number of rotatable bonds is 8. The molecule has 0 saturated carbocycles. The Labute approximate surface area is 124 Å². The maximum absolute atomic E-state index is 11.7. The van der Waals surface area contributed by atoms with Gasteiger partial charge in [-0.1, -0.05) is 30.3 Å². The molecule has 116 valence electrons. The first-order valence-electron chi connectivity index (χ1n) is 6.71. The molecule has 1 amide bonds. The van der Waals surface area contributed by atoms with Crippen LogP contribution in [0.25, 0.3) is 0 Å². The van der Waals surface area contributed by atoms with E-state index in [1.54, 1.807) is 7.11 Å². The first-order chi connectivity index (χ1) is 10.2. The zero-order valence-corrected chi connectivity index (χ0v) is 12.3. The number of carbonyl (C=O) groups excluding carboxylic acids is 2. The maximum Gasteiger partial charge on any atom is 0.408 e. The number of nitrogens with one attached hydrogen (secondary N) is 1. The number of esters is 1. The Balaban J connectivity index is 2.41. The number of carbonyl (C=O) groups is 2. The van der Waals surface area contributed by atoms with Gasteiger partial charge in [-0.3, -0.25) is 0 Å². The van der Waals surface area contributed by atoms with E-state index in [-0.39, 0.29) is 6.61 Å². The van der Waals surface area contributed by atoms with E-state index < -0.39 is 18.1 Å². The van der Waals surface area contributed by atoms with Gasteiger partial charge in [0.1, 0.15) is 12.6 Å². The molecule has 1 atom stereocenters. The SMILES string of the molecule is COCCCC(NC(=O)OCc1ccccc1)C(=O)OC. The zero-order valence-electron chi connectivity index (χ0n) is 12.3. The van der Waals surface area contributed by atoms with Crippen molar-refractivity contribution < 1.29 is 23.8 Å². The molecule has 0 saturated heterocycles. The summed E-state index contributed by atoms with van der Waals surface area (Å²) in [5.74, 6) is -0.497. The molecule has 0 aliphatic heterocycles. The van der Waals surface area contributed by atoms with Crippen LogP contribution in [0.5, 0.6) is 0 Å². The number of methoxy groups -OCH3 is 2. The van der Waals surface area contributed by atoms with Gasteiger partial charge < -0.3 is 19.5 Å². The second-order valence-corrected chi connectivity index (χ2v) is 4.42. The molecule has 1 aromatic rings. The van der Waals surface area contributed by atoms with Crippen molar-refractivity contribution in [3.63, 3.8) is 0 Å². The van der Waals surface area contributed by atoms with Crippen LogP contribution in [-0.4, -0.2) is 38.9 Å². The smallest absolute Gasteiger partial charge is 0.408 e. The summed E-state index contributed by atoms with van der Waals surface area (Å²) in [5, 5.41) is 2.51. The number of hydrogen-bond donors (Lipinski definition) is 1. The molecule has 0 aliphatic carbocycles. The summed E-state index contributed by atoms with van der Waals surface area (Å²) >= 11 is 0. The summed E-state index contributed by atoms with van der Waals surface area (Å²) in [5.41, 5.74) is 0.877. The first kappa shape index (κ1) is 17.0. The lowest BCUT2D eigenvalue weighted by molar-refractivity contribution is -0.143. The molecule has 1 N–H and O–H groups in total. The predicted molar refractivity (Wildman–Crippen MR) is 76.7 cm³/mol. The molecule has 6 heteroatoms. The Hall–Kier alpha value is -2.08. The quantitative estimate of drug-likeness (QED) is 0.585. The molecule has 6 nitrogen and oxygen atoms in total. The number of alkyl carbamates (subject to hydrolysis) is 1. The van der Waals surface area contributed by atoms with Crippen LogP contribution in [0.15, 0.2) is 30.3 Å². The van der Waals surface area contributed by atoms with Gasteiger partial charge in [0.2, 0.25) is 0 Å². The van der Waals surface area contributed by atoms with Gasteiger partial charge in [0.15, 0.2) is 0 Å². The molecule has 0 radical (unpaired) electrons. The van der Waals surface area contributed by atoms with Gasteiger partial charge in [-0.05, 0) is 18.4 Å². The van der Waals surface area contributed by atoms with E-state index in [4.69, 9.17) is 9.47 Å². The summed E-state index contributed by atoms with van der Waals surface area (Å²) in [7, 11) is 2.86. The standard InChI is InChI=1S/C15H21NO5/c1-19-10-6-9-13(14(17)20-2)16-15(18)21-11-12-7-4-3-5-8-12/h3-5,7-8,13H,6,9-11H2,1-2H3,(H,16,18). The van der Waals surface area contributed by atoms with Crippen LogP contribution in [0.2, 0.25) is 0 Å². The molecule has 1 aromatic carbocycles. The Morgan fingerprint density at radius 2 is 1.90 bits per heavy atom. The number of benzene rings is 1. The highest BCUT2D eigenvalue weighted by molar-refractivity contribution is 5.81. The van der Waals surface area contributed by atoms with E-state index in [0.29, 0.717) is 19.4 Å². The lowest BCUT2D eigenvalue weighted by atomic mass is 10.1. The van der Waals surface area contributed by atoms with Crippen LogP contribution >= 0.6 is 0 Å². The van der Waals surface area contributed by atoms with E-state index in [0.717, 1.165) is 5.56 Å². The first-order valence-corrected chi connectivity index (χ1v) is 6.71. The number of hydrogen-bond acceptors (Lipinski definition) is 5. The van der Waals surface area contributed by atoms with Crippen molar-refractivity contribution in [3.05, 3.63) is 35.9 Å². The Morgan fingerprint density at radius 3 is 2.52 bits per heavy atom. The van der Waals surface area contributed by atoms with Crippen molar-refractivity contribution in [1.29, 1.82) is 0 Å². The van der Waals surface area contributed by atoms with E-state index in [2.05, 4.69) is 10.1 Å². The van der Waals surface area contributed by atoms with Crippen LogP contribution in [0.4, 0.5) is 4.79 Å².